The van der Waals surface area contributed by atoms with Gasteiger partial charge in [-0.15, -0.1) is 0 Å². The van der Waals surface area contributed by atoms with E-state index < -0.39 is 5.97 Å². The first-order chi connectivity index (χ1) is 11.0. The lowest BCUT2D eigenvalue weighted by atomic mass is 10.1. The summed E-state index contributed by atoms with van der Waals surface area (Å²) in [4.78, 5) is 22.4. The van der Waals surface area contributed by atoms with Crippen LogP contribution in [-0.4, -0.2) is 38.3 Å². The molecule has 3 rings (SSSR count). The minimum Gasteiger partial charge on any atom is -0.478 e. The van der Waals surface area contributed by atoms with Crippen molar-refractivity contribution < 1.29 is 19.1 Å². The number of carboxylic acids is 1. The third kappa shape index (κ3) is 3.33. The quantitative estimate of drug-likeness (QED) is 0.677. The average Bonchev–Trinajstić information content (AvgIpc) is 3.13. The average molecular weight is 346 g/mol. The van der Waals surface area contributed by atoms with E-state index in [0.29, 0.717) is 21.6 Å². The van der Waals surface area contributed by atoms with Gasteiger partial charge in [-0.05, 0) is 24.3 Å². The molecule has 1 amide bonds. The highest BCUT2D eigenvalue weighted by atomic mass is 32.2. The molecule has 23 heavy (non-hydrogen) atoms. The van der Waals surface area contributed by atoms with Gasteiger partial charge < -0.3 is 9.52 Å². The third-order valence-electron chi connectivity index (χ3n) is 3.07. The highest BCUT2D eigenvalue weighted by Gasteiger charge is 2.26. The van der Waals surface area contributed by atoms with Gasteiger partial charge in [0, 0.05) is 5.56 Å². The highest BCUT2D eigenvalue weighted by molar-refractivity contribution is 8.23. The maximum absolute atomic E-state index is 11.5. The molecule has 0 spiro atoms. The Morgan fingerprint density at radius 3 is 2.65 bits per heavy atom. The van der Waals surface area contributed by atoms with Crippen LogP contribution < -0.4 is 0 Å². The minimum absolute atomic E-state index is 0.160. The topological polar surface area (TPSA) is 83.1 Å². The minimum atomic E-state index is -0.979. The second kappa shape index (κ2) is 6.35. The van der Waals surface area contributed by atoms with Crippen molar-refractivity contribution in [1.29, 1.82) is 0 Å². The zero-order chi connectivity index (χ0) is 16.4. The van der Waals surface area contributed by atoms with Crippen LogP contribution in [0.5, 0.6) is 0 Å². The normalized spacial score (nSPS) is 14.9. The standard InChI is InChI=1S/C15H10N2O4S2/c18-13-8-23-15(22)17(13)16-7-11-5-6-12(21-11)9-1-3-10(4-2-9)14(19)20/h1-7H,8H2,(H,19,20)/b16-7+. The summed E-state index contributed by atoms with van der Waals surface area (Å²) in [6.45, 7) is 0. The van der Waals surface area contributed by atoms with Crippen molar-refractivity contribution in [3.63, 3.8) is 0 Å². The lowest BCUT2D eigenvalue weighted by molar-refractivity contribution is -0.124. The molecule has 0 aliphatic carbocycles. The first-order valence-corrected chi connectivity index (χ1v) is 7.91. The smallest absolute Gasteiger partial charge is 0.335 e. The van der Waals surface area contributed by atoms with E-state index in [0.717, 1.165) is 5.56 Å². The molecule has 0 atom stereocenters. The molecule has 0 unspecified atom stereocenters. The predicted octanol–water partition coefficient (Wildman–Crippen LogP) is 2.84. The van der Waals surface area contributed by atoms with Crippen LogP contribution in [0.1, 0.15) is 16.1 Å². The molecule has 1 aromatic carbocycles. The Morgan fingerprint density at radius 1 is 1.30 bits per heavy atom. The maximum atomic E-state index is 11.5. The van der Waals surface area contributed by atoms with E-state index in [4.69, 9.17) is 21.7 Å². The zero-order valence-electron chi connectivity index (χ0n) is 11.6. The van der Waals surface area contributed by atoms with Gasteiger partial charge >= 0.3 is 5.97 Å². The van der Waals surface area contributed by atoms with Gasteiger partial charge in [-0.3, -0.25) is 4.79 Å². The van der Waals surface area contributed by atoms with Crippen LogP contribution in [0, 0.1) is 0 Å². The Balaban J connectivity index is 1.76. The molecule has 8 heteroatoms. The first-order valence-electron chi connectivity index (χ1n) is 6.52. The van der Waals surface area contributed by atoms with E-state index in [9.17, 15) is 9.59 Å². The number of amides is 1. The lowest BCUT2D eigenvalue weighted by Gasteiger charge is -2.05. The summed E-state index contributed by atoms with van der Waals surface area (Å²) in [6.07, 6.45) is 1.42. The molecular formula is C15H10N2O4S2. The summed E-state index contributed by atoms with van der Waals surface area (Å²) < 4.78 is 6.03. The van der Waals surface area contributed by atoms with Crippen molar-refractivity contribution in [2.24, 2.45) is 5.10 Å². The summed E-state index contributed by atoms with van der Waals surface area (Å²) >= 11 is 6.29. The first kappa shape index (κ1) is 15.4. The molecule has 1 saturated heterocycles. The number of thioether (sulfide) groups is 1. The van der Waals surface area contributed by atoms with Crippen LogP contribution in [0.4, 0.5) is 0 Å². The van der Waals surface area contributed by atoms with Gasteiger partial charge in [0.05, 0.1) is 17.5 Å². The van der Waals surface area contributed by atoms with Crippen LogP contribution in [0.3, 0.4) is 0 Å². The number of nitrogens with zero attached hydrogens (tertiary/aromatic N) is 2. The molecule has 0 bridgehead atoms. The highest BCUT2D eigenvalue weighted by Crippen LogP contribution is 2.23. The van der Waals surface area contributed by atoms with Gasteiger partial charge in [-0.25, -0.2) is 4.79 Å². The Kier molecular flexibility index (Phi) is 4.26. The Morgan fingerprint density at radius 2 is 2.04 bits per heavy atom. The molecule has 2 aromatic rings. The van der Waals surface area contributed by atoms with Crippen LogP contribution in [-0.2, 0) is 4.79 Å². The van der Waals surface area contributed by atoms with Crippen LogP contribution in [0.2, 0.25) is 0 Å². The molecule has 1 aromatic heterocycles. The fraction of sp³-hybridized carbons (Fsp3) is 0.0667. The third-order valence-corrected chi connectivity index (χ3v) is 4.41. The van der Waals surface area contributed by atoms with Crippen molar-refractivity contribution in [2.45, 2.75) is 0 Å². The number of carbonyl (C=O) groups is 2. The summed E-state index contributed by atoms with van der Waals surface area (Å²) in [5, 5.41) is 14.1. The number of benzene rings is 1. The Hall–Kier alpha value is -2.45. The Labute approximate surface area is 140 Å². The molecule has 1 aliphatic rings. The van der Waals surface area contributed by atoms with Crippen molar-refractivity contribution in [2.75, 3.05) is 5.75 Å². The number of carbonyl (C=O) groups excluding carboxylic acids is 1. The largest absolute Gasteiger partial charge is 0.478 e. The second-order valence-electron chi connectivity index (χ2n) is 4.59. The molecule has 1 fully saturated rings. The van der Waals surface area contributed by atoms with Crippen LogP contribution in [0.15, 0.2) is 45.9 Å². The van der Waals surface area contributed by atoms with Crippen molar-refractivity contribution >= 4 is 46.4 Å². The van der Waals surface area contributed by atoms with Crippen molar-refractivity contribution in [3.8, 4) is 11.3 Å². The number of thiocarbonyl (C=S) groups is 1. The fourth-order valence-corrected chi connectivity index (χ4v) is 2.89. The molecule has 0 saturated carbocycles. The number of hydrazone groups is 1. The van der Waals surface area contributed by atoms with Gasteiger partial charge in [0.2, 0.25) is 0 Å². The molecule has 2 heterocycles. The number of carboxylic acid groups (broad SMARTS) is 1. The molecule has 116 valence electrons. The van der Waals surface area contributed by atoms with Crippen LogP contribution in [0.25, 0.3) is 11.3 Å². The van der Waals surface area contributed by atoms with E-state index >= 15 is 0 Å². The van der Waals surface area contributed by atoms with Gasteiger partial charge in [0.25, 0.3) is 5.91 Å². The molecular weight excluding hydrogens is 336 g/mol. The molecule has 0 radical (unpaired) electrons. The van der Waals surface area contributed by atoms with E-state index in [1.54, 1.807) is 24.3 Å². The number of aromatic carboxylic acids is 1. The molecule has 1 N–H and O–H groups in total. The molecule has 6 nitrogen and oxygen atoms in total. The van der Waals surface area contributed by atoms with Crippen molar-refractivity contribution in [1.82, 2.24) is 5.01 Å². The monoisotopic (exact) mass is 346 g/mol. The summed E-state index contributed by atoms with van der Waals surface area (Å²) in [5.41, 5.74) is 0.957. The SMILES string of the molecule is O=C(O)c1ccc(-c2ccc(/C=N/N3C(=O)CSC3=S)o2)cc1. The van der Waals surface area contributed by atoms with Gasteiger partial charge in [0.1, 0.15) is 11.5 Å². The number of rotatable bonds is 4. The second-order valence-corrected chi connectivity index (χ2v) is 6.20. The number of hydrogen-bond acceptors (Lipinski definition) is 6. The lowest BCUT2D eigenvalue weighted by Crippen LogP contribution is -2.22. The van der Waals surface area contributed by atoms with E-state index in [2.05, 4.69) is 5.10 Å². The van der Waals surface area contributed by atoms with Crippen LogP contribution >= 0.6 is 24.0 Å². The number of furan rings is 1. The fourth-order valence-electron chi connectivity index (χ4n) is 1.93. The van der Waals surface area contributed by atoms with Crippen molar-refractivity contribution in [3.05, 3.63) is 47.7 Å². The van der Waals surface area contributed by atoms with Gasteiger partial charge in [0.15, 0.2) is 4.32 Å². The zero-order valence-corrected chi connectivity index (χ0v) is 13.3. The summed E-state index contributed by atoms with van der Waals surface area (Å²) in [7, 11) is 0. The molecule has 1 aliphatic heterocycles. The van der Waals surface area contributed by atoms with Gasteiger partial charge in [-0.2, -0.15) is 10.1 Å². The van der Waals surface area contributed by atoms with E-state index in [1.165, 1.54) is 35.1 Å². The Bertz CT molecular complexity index is 795. The van der Waals surface area contributed by atoms with Gasteiger partial charge in [-0.1, -0.05) is 36.1 Å². The summed E-state index contributed by atoms with van der Waals surface area (Å²) in [6, 6.07) is 9.80. The summed E-state index contributed by atoms with van der Waals surface area (Å²) in [5.74, 6) is 0.207. The predicted molar refractivity (Wildman–Crippen MR) is 90.6 cm³/mol. The number of hydrogen-bond donors (Lipinski definition) is 1. The maximum Gasteiger partial charge on any atom is 0.335 e. The van der Waals surface area contributed by atoms with E-state index in [-0.39, 0.29) is 11.5 Å². The van der Waals surface area contributed by atoms with E-state index in [1.807, 2.05) is 0 Å².